The van der Waals surface area contributed by atoms with Gasteiger partial charge in [-0.2, -0.15) is 4.31 Å². The molecule has 8 nitrogen and oxygen atoms in total. The molecule has 0 aliphatic carbocycles. The minimum atomic E-state index is -3.80. The second-order valence-corrected chi connectivity index (χ2v) is 10.9. The van der Waals surface area contributed by atoms with Crippen LogP contribution in [0.15, 0.2) is 41.3 Å². The second-order valence-electron chi connectivity index (χ2n) is 8.93. The molecule has 0 bridgehead atoms. The number of nitrogens with one attached hydrogen (secondary N) is 1. The predicted octanol–water partition coefficient (Wildman–Crippen LogP) is 3.80. The van der Waals surface area contributed by atoms with Gasteiger partial charge in [-0.25, -0.2) is 8.42 Å². The molecule has 0 saturated carbocycles. The van der Waals surface area contributed by atoms with Crippen LogP contribution in [-0.4, -0.2) is 46.1 Å². The maximum atomic E-state index is 13.4. The zero-order valence-electron chi connectivity index (χ0n) is 19.8. The highest BCUT2D eigenvalue weighted by molar-refractivity contribution is 7.89. The number of anilines is 1. The number of amides is 1. The van der Waals surface area contributed by atoms with Crippen molar-refractivity contribution in [1.29, 1.82) is 0 Å². The molecule has 9 heteroatoms. The summed E-state index contributed by atoms with van der Waals surface area (Å²) in [6.07, 6.45) is 0.668. The van der Waals surface area contributed by atoms with Crippen LogP contribution in [0.3, 0.4) is 0 Å². The molecular formula is C24H32N2O6S. The highest BCUT2D eigenvalue weighted by atomic mass is 32.2. The van der Waals surface area contributed by atoms with E-state index >= 15 is 0 Å². The summed E-state index contributed by atoms with van der Waals surface area (Å²) in [5, 5.41) is 2.94. The summed E-state index contributed by atoms with van der Waals surface area (Å²) in [4.78, 5) is 12.6. The Bertz CT molecular complexity index is 1110. The third kappa shape index (κ3) is 5.66. The summed E-state index contributed by atoms with van der Waals surface area (Å²) >= 11 is 0. The number of hydrogen-bond acceptors (Lipinski definition) is 6. The molecule has 2 aromatic rings. The standard InChI is InChI=1S/C24H32N2O6S/c1-24(2,3)23(27)25-20-9-6-8-17-15-26(16-19(17)20)33(28,29)18-10-11-21(31-5)22(14-18)32-13-7-12-30-4/h6,8-11,14H,7,12-13,15-16H2,1-5H3,(H,25,27). The Balaban J connectivity index is 1.83. The van der Waals surface area contributed by atoms with Gasteiger partial charge in [0.15, 0.2) is 11.5 Å². The van der Waals surface area contributed by atoms with Crippen LogP contribution in [-0.2, 0) is 32.6 Å². The van der Waals surface area contributed by atoms with E-state index in [1.165, 1.54) is 23.5 Å². The van der Waals surface area contributed by atoms with Crippen LogP contribution in [0, 0.1) is 5.41 Å². The molecule has 3 rings (SSSR count). The van der Waals surface area contributed by atoms with Crippen LogP contribution in [0.5, 0.6) is 11.5 Å². The van der Waals surface area contributed by atoms with Gasteiger partial charge in [0.25, 0.3) is 0 Å². The number of methoxy groups -OCH3 is 2. The van der Waals surface area contributed by atoms with Crippen molar-refractivity contribution in [3.8, 4) is 11.5 Å². The molecule has 1 aliphatic heterocycles. The Kier molecular flexibility index (Phi) is 7.66. The Morgan fingerprint density at radius 3 is 2.48 bits per heavy atom. The largest absolute Gasteiger partial charge is 0.493 e. The summed E-state index contributed by atoms with van der Waals surface area (Å²) in [6, 6.07) is 10.1. The fraction of sp³-hybridized carbons (Fsp3) is 0.458. The van der Waals surface area contributed by atoms with Crippen molar-refractivity contribution in [3.05, 3.63) is 47.5 Å². The fourth-order valence-electron chi connectivity index (χ4n) is 3.45. The first-order valence-corrected chi connectivity index (χ1v) is 12.2. The summed E-state index contributed by atoms with van der Waals surface area (Å²) in [6.45, 7) is 6.82. The van der Waals surface area contributed by atoms with Gasteiger partial charge in [-0.1, -0.05) is 32.9 Å². The quantitative estimate of drug-likeness (QED) is 0.554. The third-order valence-corrected chi connectivity index (χ3v) is 7.19. The Morgan fingerprint density at radius 2 is 1.82 bits per heavy atom. The predicted molar refractivity (Wildman–Crippen MR) is 126 cm³/mol. The molecule has 1 heterocycles. The van der Waals surface area contributed by atoms with Crippen LogP contribution in [0.2, 0.25) is 0 Å². The van der Waals surface area contributed by atoms with Gasteiger partial charge in [-0.15, -0.1) is 0 Å². The number of benzene rings is 2. The van der Waals surface area contributed by atoms with Gasteiger partial charge >= 0.3 is 0 Å². The molecule has 1 aliphatic rings. The molecule has 0 saturated heterocycles. The van der Waals surface area contributed by atoms with E-state index in [1.807, 2.05) is 32.9 Å². The molecule has 1 amide bonds. The highest BCUT2D eigenvalue weighted by Gasteiger charge is 2.33. The number of ether oxygens (including phenoxy) is 3. The number of carbonyl (C=O) groups is 1. The molecule has 0 spiro atoms. The van der Waals surface area contributed by atoms with Crippen molar-refractivity contribution in [2.45, 2.75) is 45.2 Å². The lowest BCUT2D eigenvalue weighted by Crippen LogP contribution is -2.28. The first-order chi connectivity index (χ1) is 15.6. The smallest absolute Gasteiger partial charge is 0.243 e. The molecule has 33 heavy (non-hydrogen) atoms. The Morgan fingerprint density at radius 1 is 1.06 bits per heavy atom. The molecule has 1 N–H and O–H groups in total. The molecule has 0 atom stereocenters. The molecular weight excluding hydrogens is 444 g/mol. The van der Waals surface area contributed by atoms with Crippen molar-refractivity contribution in [3.63, 3.8) is 0 Å². The number of sulfonamides is 1. The number of nitrogens with zero attached hydrogens (tertiary/aromatic N) is 1. The van der Waals surface area contributed by atoms with E-state index in [9.17, 15) is 13.2 Å². The summed E-state index contributed by atoms with van der Waals surface area (Å²) < 4.78 is 44.4. The van der Waals surface area contributed by atoms with Gasteiger partial charge in [0.2, 0.25) is 15.9 Å². The first kappa shape index (κ1) is 25.0. The van der Waals surface area contributed by atoms with Crippen molar-refractivity contribution < 1.29 is 27.4 Å². The SMILES string of the molecule is COCCCOc1cc(S(=O)(=O)N2Cc3cccc(NC(=O)C(C)(C)C)c3C2)ccc1OC. The summed E-state index contributed by atoms with van der Waals surface area (Å²) in [5.41, 5.74) is 1.76. The van der Waals surface area contributed by atoms with E-state index in [4.69, 9.17) is 14.2 Å². The van der Waals surface area contributed by atoms with Crippen LogP contribution >= 0.6 is 0 Å². The molecule has 180 valence electrons. The van der Waals surface area contributed by atoms with Gasteiger partial charge in [0.1, 0.15) is 0 Å². The lowest BCUT2D eigenvalue weighted by Gasteiger charge is -2.20. The number of carbonyl (C=O) groups excluding carboxylic acids is 1. The fourth-order valence-corrected chi connectivity index (χ4v) is 4.86. The average Bonchev–Trinajstić information content (AvgIpc) is 3.22. The van der Waals surface area contributed by atoms with Crippen molar-refractivity contribution in [2.24, 2.45) is 5.41 Å². The monoisotopic (exact) mass is 476 g/mol. The summed E-state index contributed by atoms with van der Waals surface area (Å²) in [5.74, 6) is 0.704. The van der Waals surface area contributed by atoms with Gasteiger partial charge in [0.05, 0.1) is 18.6 Å². The van der Waals surface area contributed by atoms with Crippen molar-refractivity contribution in [1.82, 2.24) is 4.31 Å². The molecule has 0 unspecified atom stereocenters. The topological polar surface area (TPSA) is 94.2 Å². The van der Waals surface area contributed by atoms with Crippen molar-refractivity contribution >= 4 is 21.6 Å². The summed E-state index contributed by atoms with van der Waals surface area (Å²) in [7, 11) is -0.680. The van der Waals surface area contributed by atoms with Crippen LogP contribution in [0.25, 0.3) is 0 Å². The Hall–Kier alpha value is -2.62. The van der Waals surface area contributed by atoms with E-state index < -0.39 is 15.4 Å². The van der Waals surface area contributed by atoms with Crippen LogP contribution in [0.4, 0.5) is 5.69 Å². The molecule has 0 fully saturated rings. The maximum Gasteiger partial charge on any atom is 0.243 e. The molecule has 2 aromatic carbocycles. The van der Waals surface area contributed by atoms with E-state index in [1.54, 1.807) is 19.2 Å². The van der Waals surface area contributed by atoms with Crippen LogP contribution in [0.1, 0.15) is 38.3 Å². The van der Waals surface area contributed by atoms with Gasteiger partial charge in [0, 0.05) is 50.4 Å². The van der Waals surface area contributed by atoms with E-state index in [0.717, 1.165) is 11.1 Å². The normalized spacial score (nSPS) is 14.1. The van der Waals surface area contributed by atoms with E-state index in [-0.39, 0.29) is 23.9 Å². The maximum absolute atomic E-state index is 13.4. The lowest BCUT2D eigenvalue weighted by atomic mass is 9.95. The second kappa shape index (κ2) is 10.1. The number of rotatable bonds is 9. The minimum Gasteiger partial charge on any atom is -0.493 e. The molecule has 0 radical (unpaired) electrons. The van der Waals surface area contributed by atoms with E-state index in [2.05, 4.69) is 5.32 Å². The van der Waals surface area contributed by atoms with Crippen LogP contribution < -0.4 is 14.8 Å². The lowest BCUT2D eigenvalue weighted by molar-refractivity contribution is -0.123. The van der Waals surface area contributed by atoms with E-state index in [0.29, 0.717) is 36.8 Å². The zero-order chi connectivity index (χ0) is 24.2. The average molecular weight is 477 g/mol. The van der Waals surface area contributed by atoms with Crippen molar-refractivity contribution in [2.75, 3.05) is 32.8 Å². The zero-order valence-corrected chi connectivity index (χ0v) is 20.6. The first-order valence-electron chi connectivity index (χ1n) is 10.8. The van der Waals surface area contributed by atoms with Gasteiger partial charge in [-0.3, -0.25) is 4.79 Å². The molecule has 0 aromatic heterocycles. The van der Waals surface area contributed by atoms with Gasteiger partial charge in [-0.05, 0) is 29.3 Å². The number of fused-ring (bicyclic) bond motifs is 1. The minimum absolute atomic E-state index is 0.123. The third-order valence-electron chi connectivity index (χ3n) is 5.41. The highest BCUT2D eigenvalue weighted by Crippen LogP contribution is 2.36. The van der Waals surface area contributed by atoms with Gasteiger partial charge < -0.3 is 19.5 Å². The Labute approximate surface area is 195 Å². The number of hydrogen-bond donors (Lipinski definition) is 1.